The molecule has 2 atom stereocenters. The molecule has 1 rings (SSSR count). The topological polar surface area (TPSA) is 55.1 Å². The Bertz CT molecular complexity index is 166. The third kappa shape index (κ3) is 1.22. The van der Waals surface area contributed by atoms with Gasteiger partial charge in [0, 0.05) is 13.0 Å². The van der Waals surface area contributed by atoms with Gasteiger partial charge >= 0.3 is 0 Å². The summed E-state index contributed by atoms with van der Waals surface area (Å²) in [6.07, 6.45) is -1.10. The van der Waals surface area contributed by atoms with Gasteiger partial charge in [0.15, 0.2) is 5.00 Å². The molecule has 1 aliphatic rings. The molecule has 0 aromatic rings. The quantitative estimate of drug-likeness (QED) is 0.417. The highest BCUT2D eigenvalue weighted by atomic mass is 35.5. The second-order valence-corrected chi connectivity index (χ2v) is 2.99. The minimum Gasteiger partial charge on any atom is -0.367 e. The lowest BCUT2D eigenvalue weighted by Gasteiger charge is -2.15. The number of nitrogens with two attached hydrogens (primary N) is 1. The Hall–Kier alpha value is -0.350. The van der Waals surface area contributed by atoms with Crippen LogP contribution in [-0.4, -0.2) is 23.6 Å². The van der Waals surface area contributed by atoms with E-state index in [2.05, 4.69) is 5.32 Å². The van der Waals surface area contributed by atoms with Gasteiger partial charge in [-0.05, 0) is 0 Å². The van der Waals surface area contributed by atoms with Crippen LogP contribution in [0.25, 0.3) is 0 Å². The number of carbonyl (C=O) groups is 1. The van der Waals surface area contributed by atoms with E-state index in [0.29, 0.717) is 0 Å². The Balaban J connectivity index is 2.63. The van der Waals surface area contributed by atoms with Gasteiger partial charge < -0.3 is 5.73 Å². The lowest BCUT2D eigenvalue weighted by atomic mass is 10.2. The number of amides is 1. The molecular formula is C5H8ClFN2O. The molecule has 1 saturated heterocycles. The molecule has 2 unspecified atom stereocenters. The molecule has 0 saturated carbocycles. The summed E-state index contributed by atoms with van der Waals surface area (Å²) in [7, 11) is 0. The van der Waals surface area contributed by atoms with Crippen LogP contribution in [0.1, 0.15) is 6.42 Å². The molecular weight excluding hydrogens is 159 g/mol. The van der Waals surface area contributed by atoms with Crippen LogP contribution in [0, 0.1) is 0 Å². The number of carbonyl (C=O) groups excluding carboxylic acids is 1. The Morgan fingerprint density at radius 1 is 1.90 bits per heavy atom. The lowest BCUT2D eigenvalue weighted by Crippen LogP contribution is -2.46. The number of nitrogens with one attached hydrogen (secondary N) is 1. The number of halogens is 2. The highest BCUT2D eigenvalue weighted by Crippen LogP contribution is 2.25. The average molecular weight is 167 g/mol. The molecule has 10 heavy (non-hydrogen) atoms. The zero-order chi connectivity index (χ0) is 7.78. The van der Waals surface area contributed by atoms with Gasteiger partial charge in [0.1, 0.15) is 6.17 Å². The average Bonchev–Trinajstić information content (AvgIpc) is 2.13. The van der Waals surface area contributed by atoms with E-state index >= 15 is 0 Å². The Kier molecular flexibility index (Phi) is 1.83. The van der Waals surface area contributed by atoms with Crippen molar-refractivity contribution in [2.24, 2.45) is 5.73 Å². The van der Waals surface area contributed by atoms with E-state index in [4.69, 9.17) is 17.3 Å². The first-order valence-corrected chi connectivity index (χ1v) is 3.30. The van der Waals surface area contributed by atoms with E-state index in [9.17, 15) is 9.18 Å². The Labute approximate surface area is 62.7 Å². The number of alkyl halides is 2. The second kappa shape index (κ2) is 2.36. The number of hydrogen-bond donors (Lipinski definition) is 2. The Morgan fingerprint density at radius 3 is 2.70 bits per heavy atom. The van der Waals surface area contributed by atoms with Crippen molar-refractivity contribution >= 4 is 17.5 Å². The second-order valence-electron chi connectivity index (χ2n) is 2.35. The van der Waals surface area contributed by atoms with Gasteiger partial charge in [0.05, 0.1) is 0 Å². The molecule has 0 radical (unpaired) electrons. The summed E-state index contributed by atoms with van der Waals surface area (Å²) in [6.45, 7) is 0.104. The number of primary amides is 1. The minimum atomic E-state index is -1.35. The molecule has 1 fully saturated rings. The molecule has 1 heterocycles. The maximum atomic E-state index is 12.4. The van der Waals surface area contributed by atoms with Crippen molar-refractivity contribution < 1.29 is 9.18 Å². The number of rotatable bonds is 1. The summed E-state index contributed by atoms with van der Waals surface area (Å²) in [5.74, 6) is -0.714. The van der Waals surface area contributed by atoms with E-state index in [0.717, 1.165) is 0 Å². The summed E-state index contributed by atoms with van der Waals surface area (Å²) in [4.78, 5) is 9.18. The fraction of sp³-hybridized carbons (Fsp3) is 0.800. The van der Waals surface area contributed by atoms with Crippen molar-refractivity contribution in [3.63, 3.8) is 0 Å². The first kappa shape index (κ1) is 7.75. The van der Waals surface area contributed by atoms with Gasteiger partial charge in [-0.2, -0.15) is 0 Å². The van der Waals surface area contributed by atoms with Crippen LogP contribution >= 0.6 is 11.6 Å². The maximum Gasteiger partial charge on any atom is 0.253 e. The molecule has 0 spiro atoms. The van der Waals surface area contributed by atoms with Crippen LogP contribution in [0.3, 0.4) is 0 Å². The Morgan fingerprint density at radius 2 is 2.50 bits per heavy atom. The van der Waals surface area contributed by atoms with Crippen LogP contribution in [-0.2, 0) is 4.79 Å². The van der Waals surface area contributed by atoms with Crippen LogP contribution in [0.5, 0.6) is 0 Å². The van der Waals surface area contributed by atoms with Crippen LogP contribution in [0.15, 0.2) is 0 Å². The molecule has 1 aliphatic heterocycles. The third-order valence-electron chi connectivity index (χ3n) is 1.50. The predicted molar refractivity (Wildman–Crippen MR) is 35.3 cm³/mol. The summed E-state index contributed by atoms with van der Waals surface area (Å²) in [5, 5.41) is 2.50. The molecule has 0 aromatic carbocycles. The molecule has 3 nitrogen and oxygen atoms in total. The van der Waals surface area contributed by atoms with E-state index in [1.165, 1.54) is 0 Å². The third-order valence-corrected chi connectivity index (χ3v) is 1.97. The first-order valence-electron chi connectivity index (χ1n) is 2.92. The largest absolute Gasteiger partial charge is 0.367 e. The highest BCUT2D eigenvalue weighted by molar-refractivity contribution is 6.34. The number of hydrogen-bond acceptors (Lipinski definition) is 2. The maximum absolute atomic E-state index is 12.4. The van der Waals surface area contributed by atoms with Gasteiger partial charge in [-0.25, -0.2) is 4.39 Å². The fourth-order valence-corrected chi connectivity index (χ4v) is 1.15. The van der Waals surface area contributed by atoms with E-state index in [-0.39, 0.29) is 13.0 Å². The fourth-order valence-electron chi connectivity index (χ4n) is 0.910. The van der Waals surface area contributed by atoms with Crippen LogP contribution in [0.4, 0.5) is 4.39 Å². The van der Waals surface area contributed by atoms with Crippen molar-refractivity contribution in [1.29, 1.82) is 0 Å². The highest BCUT2D eigenvalue weighted by Gasteiger charge is 2.42. The first-order chi connectivity index (χ1) is 4.54. The molecule has 58 valence electrons. The van der Waals surface area contributed by atoms with Crippen molar-refractivity contribution in [2.75, 3.05) is 6.54 Å². The van der Waals surface area contributed by atoms with Gasteiger partial charge in [0.25, 0.3) is 5.91 Å². The van der Waals surface area contributed by atoms with Gasteiger partial charge in [0.2, 0.25) is 0 Å². The van der Waals surface area contributed by atoms with Crippen LogP contribution < -0.4 is 11.1 Å². The zero-order valence-corrected chi connectivity index (χ0v) is 5.99. The van der Waals surface area contributed by atoms with Crippen molar-refractivity contribution in [1.82, 2.24) is 5.32 Å². The van der Waals surface area contributed by atoms with Crippen molar-refractivity contribution in [3.8, 4) is 0 Å². The van der Waals surface area contributed by atoms with Gasteiger partial charge in [-0.3, -0.25) is 10.1 Å². The summed E-state index contributed by atoms with van der Waals surface area (Å²) >= 11 is 5.57. The summed E-state index contributed by atoms with van der Waals surface area (Å²) in [6, 6.07) is 0. The van der Waals surface area contributed by atoms with Crippen LogP contribution in [0.2, 0.25) is 0 Å². The normalized spacial score (nSPS) is 40.0. The van der Waals surface area contributed by atoms with Gasteiger partial charge in [-0.15, -0.1) is 0 Å². The SMILES string of the molecule is NC(=O)C1(Cl)CC(F)CN1. The monoisotopic (exact) mass is 166 g/mol. The molecule has 1 amide bonds. The molecule has 0 bridgehead atoms. The molecule has 0 aromatic heterocycles. The van der Waals surface area contributed by atoms with Gasteiger partial charge in [-0.1, -0.05) is 11.6 Å². The summed E-state index contributed by atoms with van der Waals surface area (Å²) < 4.78 is 12.4. The standard InChI is InChI=1S/C5H8ClFN2O/c6-5(4(8)10)1-3(7)2-9-5/h3,9H,1-2H2,(H2,8,10). The zero-order valence-electron chi connectivity index (χ0n) is 5.23. The molecule has 3 N–H and O–H groups in total. The predicted octanol–water partition coefficient (Wildman–Crippen LogP) is -0.262. The van der Waals surface area contributed by atoms with Crippen molar-refractivity contribution in [3.05, 3.63) is 0 Å². The van der Waals surface area contributed by atoms with Crippen molar-refractivity contribution in [2.45, 2.75) is 17.6 Å². The van der Waals surface area contributed by atoms with E-state index < -0.39 is 17.1 Å². The van der Waals surface area contributed by atoms with E-state index in [1.54, 1.807) is 0 Å². The molecule has 0 aliphatic carbocycles. The van der Waals surface area contributed by atoms with E-state index in [1.807, 2.05) is 0 Å². The minimum absolute atomic E-state index is 0.0378. The smallest absolute Gasteiger partial charge is 0.253 e. The summed E-state index contributed by atoms with van der Waals surface area (Å²) in [5.41, 5.74) is 4.89. The molecule has 5 heteroatoms. The lowest BCUT2D eigenvalue weighted by molar-refractivity contribution is -0.121.